The van der Waals surface area contributed by atoms with Crippen LogP contribution in [0.25, 0.3) is 43.6 Å². The maximum absolute atomic E-state index is 13.7. The molecule has 0 saturated carbocycles. The second-order valence-electron chi connectivity index (χ2n) is 34.0. The molecular weight excluding hydrogens is 1370 g/mol. The van der Waals surface area contributed by atoms with Crippen LogP contribution in [0.4, 0.5) is 19.2 Å². The van der Waals surface area contributed by atoms with Crippen molar-refractivity contribution in [1.82, 2.24) is 78.7 Å². The number of nitrogens with one attached hydrogen (secondary N) is 4. The minimum atomic E-state index is 0.0270. The Kier molecular flexibility index (Phi) is 20.2. The van der Waals surface area contributed by atoms with Gasteiger partial charge < -0.3 is 78.7 Å². The molecule has 0 spiro atoms. The fourth-order valence-corrected chi connectivity index (χ4v) is 22.6. The Hall–Kier alpha value is -8.82. The molecule has 4 fully saturated rings. The van der Waals surface area contributed by atoms with E-state index in [1.54, 1.807) is 0 Å². The highest BCUT2D eigenvalue weighted by atomic mass is 16.2. The first-order valence-corrected chi connectivity index (χ1v) is 42.0. The van der Waals surface area contributed by atoms with Gasteiger partial charge >= 0.3 is 24.1 Å². The fourth-order valence-electron chi connectivity index (χ4n) is 22.6. The molecule has 4 aliphatic carbocycles. The van der Waals surface area contributed by atoms with Gasteiger partial charge in [0.15, 0.2) is 0 Å². The van der Waals surface area contributed by atoms with Crippen LogP contribution in [-0.2, 0) is 51.9 Å². The van der Waals surface area contributed by atoms with Crippen LogP contribution in [0.1, 0.15) is 172 Å². The number of benzene rings is 5. The number of hydrogen-bond donors (Lipinski definition) is 4. The highest BCUT2D eigenvalue weighted by Crippen LogP contribution is 2.50. The molecule has 9 aromatic rings. The molecule has 4 saturated heterocycles. The molecule has 8 amide bonds. The minimum Gasteiger partial charge on any atom is -0.343 e. The van der Waals surface area contributed by atoms with Crippen LogP contribution in [0.2, 0.25) is 0 Å². The monoisotopic (exact) mass is 1490 g/mol. The van der Waals surface area contributed by atoms with Crippen molar-refractivity contribution in [3.8, 4) is 0 Å². The number of likely N-dealkylation sites (tertiary alicyclic amines) is 4. The van der Waals surface area contributed by atoms with Crippen LogP contribution < -0.4 is 21.3 Å². The van der Waals surface area contributed by atoms with E-state index in [0.29, 0.717) is 103 Å². The van der Waals surface area contributed by atoms with Crippen LogP contribution in [-0.4, -0.2) is 237 Å². The SMILES string of the molecule is CCN(CC)C(=O)N[C@H]1C[C@@H]2c3cccc4c3c(cn4Cc3cc(Cn4cc5c6c(cccc64)[C@H]4C[C@H](NC(=O)N(CC)CC)CN(C)[C@@H]4C5)c(Cn4cc5c6c(cccc64)[C@H]4C[C@H](NC(=O)N(CC)CC)CN(C)[C@@H]4C5)cc3Cn3cc4c5c(cccc53)[C@H]3C[C@H](NC(=O)N(CC)CC)CN(C)[C@@H]3C4)C[C@H]2N(C)C1. The van der Waals surface area contributed by atoms with E-state index in [1.165, 1.54) is 110 Å². The van der Waals surface area contributed by atoms with Crippen molar-refractivity contribution in [2.75, 3.05) is 107 Å². The number of nitrogens with zero attached hydrogens (tertiary/aromatic N) is 12. The van der Waals surface area contributed by atoms with Crippen molar-refractivity contribution in [1.29, 1.82) is 0 Å². The third-order valence-electron chi connectivity index (χ3n) is 28.1. The first-order valence-electron chi connectivity index (χ1n) is 42.0. The lowest BCUT2D eigenvalue weighted by Gasteiger charge is -2.45. The van der Waals surface area contributed by atoms with E-state index >= 15 is 0 Å². The molecule has 582 valence electrons. The average Bonchev–Trinajstić information content (AvgIpc) is 1.57. The lowest BCUT2D eigenvalue weighted by Crippen LogP contribution is -2.56. The molecule has 4 N–H and O–H groups in total. The molecule has 0 radical (unpaired) electrons. The van der Waals surface area contributed by atoms with Crippen LogP contribution >= 0.6 is 0 Å². The van der Waals surface area contributed by atoms with Gasteiger partial charge in [0.05, 0.1) is 0 Å². The molecule has 8 heterocycles. The summed E-state index contributed by atoms with van der Waals surface area (Å²) in [7, 11) is 9.06. The molecule has 110 heavy (non-hydrogen) atoms. The molecule has 20 nitrogen and oxygen atoms in total. The van der Waals surface area contributed by atoms with Gasteiger partial charge in [-0.3, -0.25) is 0 Å². The summed E-state index contributed by atoms with van der Waals surface area (Å²) in [6.07, 6.45) is 17.4. The Morgan fingerprint density at radius 3 is 0.736 bits per heavy atom. The zero-order chi connectivity index (χ0) is 76.2. The maximum atomic E-state index is 13.7. The summed E-state index contributed by atoms with van der Waals surface area (Å²) in [5.74, 6) is 1.09. The van der Waals surface area contributed by atoms with Gasteiger partial charge in [0.1, 0.15) is 0 Å². The van der Waals surface area contributed by atoms with E-state index in [1.807, 2.05) is 19.6 Å². The Balaban J connectivity index is 0.799. The number of carbonyl (C=O) groups excluding carboxylic acids is 4. The molecule has 0 unspecified atom stereocenters. The first kappa shape index (κ1) is 74.0. The summed E-state index contributed by atoms with van der Waals surface area (Å²) in [5, 5.41) is 19.4. The number of amides is 8. The summed E-state index contributed by atoms with van der Waals surface area (Å²) in [6, 6.07) is 34.9. The van der Waals surface area contributed by atoms with Gasteiger partial charge in [-0.2, -0.15) is 0 Å². The van der Waals surface area contributed by atoms with Gasteiger partial charge in [-0.15, -0.1) is 0 Å². The predicted octanol–water partition coefficient (Wildman–Crippen LogP) is 12.8. The van der Waals surface area contributed by atoms with E-state index in [-0.39, 0.29) is 72.0 Å². The molecule has 0 bridgehead atoms. The van der Waals surface area contributed by atoms with E-state index in [2.05, 4.69) is 252 Å². The van der Waals surface area contributed by atoms with Crippen LogP contribution in [0.15, 0.2) is 110 Å². The Morgan fingerprint density at radius 1 is 0.327 bits per heavy atom. The lowest BCUT2D eigenvalue weighted by molar-refractivity contribution is 0.124. The molecular formula is C90H118N16O4. The van der Waals surface area contributed by atoms with Gasteiger partial charge in [-0.1, -0.05) is 60.7 Å². The van der Waals surface area contributed by atoms with Gasteiger partial charge in [-0.25, -0.2) is 19.2 Å². The summed E-state index contributed by atoms with van der Waals surface area (Å²) < 4.78 is 10.3. The molecule has 20 heteroatoms. The lowest BCUT2D eigenvalue weighted by atomic mass is 9.74. The summed E-state index contributed by atoms with van der Waals surface area (Å²) in [5.41, 5.74) is 21.4. The zero-order valence-electron chi connectivity index (χ0n) is 67.3. The van der Waals surface area contributed by atoms with Gasteiger partial charge in [0, 0.05) is 245 Å². The number of likely N-dealkylation sites (N-methyl/N-ethyl adjacent to an activating group) is 4. The molecule has 17 rings (SSSR count). The topological polar surface area (TPSA) is 162 Å². The van der Waals surface area contributed by atoms with Crippen LogP contribution in [0, 0.1) is 0 Å². The number of rotatable bonds is 20. The van der Waals surface area contributed by atoms with E-state index in [9.17, 15) is 19.2 Å². The standard InChI is InChI=1S/C90H118N16O4/c1-13-99(14-2)87(107)91-63-39-71-67-25-21-29-75-83(67)59(35-79(71)95(9)51-63)47-103(75)43-55-33-57(45-105-49-61-37-81-73(69-27-23-31-77(105)85(61)69)41-65(53-97(81)11)93-89(109)101(17-5)18-6)58(46-106-50-62-38-82-74(70-28-24-32-78(106)86(62)70)42-66(54-98(82)12)94-90(110)102(19-7)20-8)34-56(55)44-104-48-60-36-80-72(68-26-22-30-76(104)84(60)68)40-64(52-96(80)10)92-88(108)100(15-3)16-4/h21-34,47-50,63-66,71-74,79-82H,13-20,35-46,51-54H2,1-12H3,(H,91,107)(H,92,108)(H,93,109)(H,94,110)/t63-,64-,65-,66-,71+,72+,73+,74+,79+,80+,81+,82+/m0/s1. The fraction of sp³-hybridized carbons (Fsp3) is 0.533. The Morgan fingerprint density at radius 2 is 0.536 bits per heavy atom. The van der Waals surface area contributed by atoms with Gasteiger partial charge in [0.25, 0.3) is 0 Å². The number of piperidine rings is 4. The van der Waals surface area contributed by atoms with E-state index in [4.69, 9.17) is 0 Å². The number of urea groups is 4. The maximum Gasteiger partial charge on any atom is 0.317 e. The van der Waals surface area contributed by atoms with Crippen molar-refractivity contribution in [3.05, 3.63) is 176 Å². The number of fused-ring (bicyclic) bond motifs is 8. The third kappa shape index (κ3) is 13.0. The molecule has 8 aliphatic rings. The number of carbonyl (C=O) groups is 4. The highest BCUT2D eigenvalue weighted by molar-refractivity contribution is 5.93. The minimum absolute atomic E-state index is 0.0270. The highest BCUT2D eigenvalue weighted by Gasteiger charge is 2.46. The van der Waals surface area contributed by atoms with E-state index < -0.39 is 0 Å². The number of hydrogen-bond acceptors (Lipinski definition) is 8. The predicted molar refractivity (Wildman–Crippen MR) is 441 cm³/mol. The normalized spacial score (nSPS) is 24.9. The quantitative estimate of drug-likeness (QED) is 0.0586. The molecule has 5 aromatic carbocycles. The smallest absolute Gasteiger partial charge is 0.317 e. The Labute approximate surface area is 650 Å². The summed E-state index contributed by atoms with van der Waals surface area (Å²) in [4.78, 5) is 72.4. The number of aromatic nitrogens is 4. The zero-order valence-corrected chi connectivity index (χ0v) is 67.3. The third-order valence-corrected chi connectivity index (χ3v) is 28.1. The summed E-state index contributed by atoms with van der Waals surface area (Å²) in [6.45, 7) is 27.9. The van der Waals surface area contributed by atoms with Crippen LogP contribution in [0.3, 0.4) is 0 Å². The summed E-state index contributed by atoms with van der Waals surface area (Å²) >= 11 is 0. The second kappa shape index (κ2) is 30.0. The molecule has 4 aliphatic heterocycles. The average molecular weight is 1490 g/mol. The van der Waals surface area contributed by atoms with E-state index in [0.717, 1.165) is 77.5 Å². The second-order valence-corrected chi connectivity index (χ2v) is 34.0. The largest absolute Gasteiger partial charge is 0.343 e. The van der Waals surface area contributed by atoms with Gasteiger partial charge in [0.2, 0.25) is 0 Å². The van der Waals surface area contributed by atoms with Gasteiger partial charge in [-0.05, 0) is 226 Å². The van der Waals surface area contributed by atoms with Crippen molar-refractivity contribution in [2.24, 2.45) is 0 Å². The molecule has 4 aromatic heterocycles. The van der Waals surface area contributed by atoms with Crippen molar-refractivity contribution < 1.29 is 19.2 Å². The van der Waals surface area contributed by atoms with Crippen molar-refractivity contribution in [3.63, 3.8) is 0 Å². The first-order chi connectivity index (χ1) is 53.4. The Bertz CT molecular complexity index is 4380. The molecule has 12 atom stereocenters. The van der Waals surface area contributed by atoms with Crippen molar-refractivity contribution >= 4 is 67.7 Å². The van der Waals surface area contributed by atoms with Crippen LogP contribution in [0.5, 0.6) is 0 Å². The van der Waals surface area contributed by atoms with Crippen molar-refractivity contribution in [2.45, 2.75) is 205 Å².